The second-order valence-corrected chi connectivity index (χ2v) is 9.07. The molecule has 1 aliphatic heterocycles. The van der Waals surface area contributed by atoms with Gasteiger partial charge in [-0.3, -0.25) is 14.4 Å². The number of aromatic nitrogens is 2. The number of para-hydroxylation sites is 1. The molecule has 2 N–H and O–H groups in total. The van der Waals surface area contributed by atoms with Gasteiger partial charge in [-0.1, -0.05) is 24.3 Å². The molecular weight excluding hydrogens is 460 g/mol. The maximum Gasteiger partial charge on any atom is 0.250 e. The van der Waals surface area contributed by atoms with E-state index in [0.717, 1.165) is 17.3 Å². The number of halogens is 1. The van der Waals surface area contributed by atoms with Gasteiger partial charge >= 0.3 is 0 Å². The molecule has 1 aromatic carbocycles. The fourth-order valence-corrected chi connectivity index (χ4v) is 5.13. The van der Waals surface area contributed by atoms with Gasteiger partial charge in [0.1, 0.15) is 11.1 Å². The molecule has 8 heteroatoms. The summed E-state index contributed by atoms with van der Waals surface area (Å²) >= 11 is 3.33. The Hall–Kier alpha value is -3.00. The number of piperidine rings is 1. The standard InChI is InChI=1S/C23H21BrN4O3/c24-21-7-3-4-14(26-21)10-20(29)19-9-13-8-18(13)28(19)22(30)12-27-11-16(23(25)31)15-5-1-2-6-17(15)27/h1-7,11,13,18-19H,8-10,12H2,(H2,25,31)/t13-,18-,19+/m1/s1. The van der Waals surface area contributed by atoms with Gasteiger partial charge in [-0.05, 0) is 52.9 Å². The number of pyridine rings is 1. The van der Waals surface area contributed by atoms with Crippen LogP contribution in [-0.4, -0.2) is 44.1 Å². The lowest BCUT2D eigenvalue weighted by Gasteiger charge is -2.27. The molecular formula is C23H21BrN4O3. The predicted octanol–water partition coefficient (Wildman–Crippen LogP) is 2.70. The number of carbonyl (C=O) groups excluding carboxylic acids is 3. The Morgan fingerprint density at radius 2 is 1.90 bits per heavy atom. The van der Waals surface area contributed by atoms with Crippen LogP contribution in [0.5, 0.6) is 0 Å². The van der Waals surface area contributed by atoms with Crippen LogP contribution < -0.4 is 5.73 Å². The van der Waals surface area contributed by atoms with Gasteiger partial charge in [0.15, 0.2) is 5.78 Å². The summed E-state index contributed by atoms with van der Waals surface area (Å²) in [5.74, 6) is -0.222. The predicted molar refractivity (Wildman–Crippen MR) is 118 cm³/mol. The summed E-state index contributed by atoms with van der Waals surface area (Å²) < 4.78 is 2.44. The van der Waals surface area contributed by atoms with Crippen LogP contribution in [-0.2, 0) is 22.6 Å². The molecule has 0 bridgehead atoms. The van der Waals surface area contributed by atoms with E-state index in [9.17, 15) is 14.4 Å². The minimum absolute atomic E-state index is 0.0151. The molecule has 1 aliphatic carbocycles. The van der Waals surface area contributed by atoms with E-state index in [1.165, 1.54) is 0 Å². The van der Waals surface area contributed by atoms with Gasteiger partial charge in [-0.2, -0.15) is 0 Å². The Balaban J connectivity index is 1.38. The highest BCUT2D eigenvalue weighted by Crippen LogP contribution is 2.48. The topological polar surface area (TPSA) is 98.3 Å². The molecule has 158 valence electrons. The van der Waals surface area contributed by atoms with Crippen molar-refractivity contribution in [1.82, 2.24) is 14.5 Å². The quantitative estimate of drug-likeness (QED) is 0.548. The number of nitrogens with two attached hydrogens (primary N) is 1. The highest BCUT2D eigenvalue weighted by Gasteiger charge is 2.55. The van der Waals surface area contributed by atoms with Gasteiger partial charge in [0, 0.05) is 28.8 Å². The summed E-state index contributed by atoms with van der Waals surface area (Å²) in [5.41, 5.74) is 7.38. The first-order chi connectivity index (χ1) is 14.9. The van der Waals surface area contributed by atoms with E-state index in [2.05, 4.69) is 20.9 Å². The normalized spacial score (nSPS) is 21.8. The molecule has 5 rings (SSSR count). The number of primary amides is 1. The van der Waals surface area contributed by atoms with Gasteiger partial charge in [0.25, 0.3) is 5.91 Å². The molecule has 2 aromatic heterocycles. The van der Waals surface area contributed by atoms with Gasteiger partial charge in [-0.25, -0.2) is 4.98 Å². The molecule has 31 heavy (non-hydrogen) atoms. The Morgan fingerprint density at radius 3 is 2.68 bits per heavy atom. The fourth-order valence-electron chi connectivity index (χ4n) is 4.75. The summed E-state index contributed by atoms with van der Waals surface area (Å²) in [7, 11) is 0. The molecule has 1 saturated heterocycles. The third kappa shape index (κ3) is 3.65. The third-order valence-electron chi connectivity index (χ3n) is 6.25. The van der Waals surface area contributed by atoms with E-state index in [1.54, 1.807) is 15.7 Å². The van der Waals surface area contributed by atoms with Crippen molar-refractivity contribution in [3.63, 3.8) is 0 Å². The van der Waals surface area contributed by atoms with Crippen LogP contribution in [0, 0.1) is 5.92 Å². The maximum absolute atomic E-state index is 13.3. The molecule has 1 saturated carbocycles. The highest BCUT2D eigenvalue weighted by atomic mass is 79.9. The second kappa shape index (κ2) is 7.60. The molecule has 0 unspecified atom stereocenters. The van der Waals surface area contributed by atoms with Crippen molar-refractivity contribution < 1.29 is 14.4 Å². The van der Waals surface area contributed by atoms with Crippen LogP contribution in [0.15, 0.2) is 53.3 Å². The van der Waals surface area contributed by atoms with E-state index in [0.29, 0.717) is 28.2 Å². The average Bonchev–Trinajstić information content (AvgIpc) is 3.24. The van der Waals surface area contributed by atoms with Crippen molar-refractivity contribution in [2.45, 2.75) is 37.9 Å². The zero-order valence-corrected chi connectivity index (χ0v) is 18.3. The number of amides is 2. The number of likely N-dealkylation sites (tertiary alicyclic amines) is 1. The second-order valence-electron chi connectivity index (χ2n) is 8.26. The first-order valence-electron chi connectivity index (χ1n) is 10.3. The first kappa shape index (κ1) is 19.9. The number of hydrogen-bond donors (Lipinski definition) is 1. The summed E-state index contributed by atoms with van der Waals surface area (Å²) in [6.45, 7) is 0.0654. The van der Waals surface area contributed by atoms with E-state index < -0.39 is 11.9 Å². The summed E-state index contributed by atoms with van der Waals surface area (Å²) in [5, 5.41) is 0.724. The van der Waals surface area contributed by atoms with Gasteiger partial charge in [-0.15, -0.1) is 0 Å². The summed E-state index contributed by atoms with van der Waals surface area (Å²) in [6.07, 6.45) is 3.49. The van der Waals surface area contributed by atoms with Gasteiger partial charge in [0.05, 0.1) is 18.0 Å². The number of nitrogens with zero attached hydrogens (tertiary/aromatic N) is 3. The highest BCUT2D eigenvalue weighted by molar-refractivity contribution is 9.10. The monoisotopic (exact) mass is 480 g/mol. The number of benzene rings is 1. The largest absolute Gasteiger partial charge is 0.366 e. The van der Waals surface area contributed by atoms with Crippen molar-refractivity contribution in [3.8, 4) is 0 Å². The number of carbonyl (C=O) groups is 3. The minimum atomic E-state index is -0.527. The number of Topliss-reactive ketones (excluding diaryl/α,β-unsaturated/α-hetero) is 1. The van der Waals surface area contributed by atoms with Crippen LogP contribution in [0.3, 0.4) is 0 Å². The van der Waals surface area contributed by atoms with E-state index in [4.69, 9.17) is 5.73 Å². The van der Waals surface area contributed by atoms with Crippen molar-refractivity contribution in [3.05, 3.63) is 64.5 Å². The van der Waals surface area contributed by atoms with Crippen LogP contribution in [0.2, 0.25) is 0 Å². The number of hydrogen-bond acceptors (Lipinski definition) is 4. The van der Waals surface area contributed by atoms with Crippen LogP contribution in [0.4, 0.5) is 0 Å². The Kier molecular flexibility index (Phi) is 4.89. The summed E-state index contributed by atoms with van der Waals surface area (Å²) in [4.78, 5) is 44.3. The number of ketones is 1. The first-order valence-corrected chi connectivity index (χ1v) is 11.0. The van der Waals surface area contributed by atoms with Crippen LogP contribution in [0.25, 0.3) is 10.9 Å². The van der Waals surface area contributed by atoms with Crippen LogP contribution >= 0.6 is 15.9 Å². The van der Waals surface area contributed by atoms with E-state index in [1.807, 2.05) is 42.5 Å². The summed E-state index contributed by atoms with van der Waals surface area (Å²) in [6, 6.07) is 12.6. The Bertz CT molecular complexity index is 1220. The third-order valence-corrected chi connectivity index (χ3v) is 6.69. The number of fused-ring (bicyclic) bond motifs is 2. The fraction of sp³-hybridized carbons (Fsp3) is 0.304. The Labute approximate surface area is 187 Å². The minimum Gasteiger partial charge on any atom is -0.366 e. The maximum atomic E-state index is 13.3. The van der Waals surface area contributed by atoms with Gasteiger partial charge in [0.2, 0.25) is 5.91 Å². The van der Waals surface area contributed by atoms with Crippen molar-refractivity contribution in [2.24, 2.45) is 11.7 Å². The smallest absolute Gasteiger partial charge is 0.250 e. The van der Waals surface area contributed by atoms with Crippen molar-refractivity contribution in [2.75, 3.05) is 0 Å². The molecule has 2 amide bonds. The molecule has 7 nitrogen and oxygen atoms in total. The van der Waals surface area contributed by atoms with Crippen molar-refractivity contribution >= 4 is 44.4 Å². The molecule has 0 radical (unpaired) electrons. The van der Waals surface area contributed by atoms with E-state index >= 15 is 0 Å². The zero-order chi connectivity index (χ0) is 21.7. The molecule has 3 aromatic rings. The van der Waals surface area contributed by atoms with E-state index in [-0.39, 0.29) is 30.7 Å². The zero-order valence-electron chi connectivity index (χ0n) is 16.7. The average molecular weight is 481 g/mol. The molecule has 2 aliphatic rings. The van der Waals surface area contributed by atoms with Crippen molar-refractivity contribution in [1.29, 1.82) is 0 Å². The number of rotatable bonds is 6. The molecule has 3 atom stereocenters. The lowest BCUT2D eigenvalue weighted by molar-refractivity contribution is -0.139. The van der Waals surface area contributed by atoms with Crippen LogP contribution in [0.1, 0.15) is 28.9 Å². The molecule has 0 spiro atoms. The van der Waals surface area contributed by atoms with Gasteiger partial charge < -0.3 is 15.2 Å². The SMILES string of the molecule is NC(=O)c1cn(CC(=O)N2[C@@H]3C[C@@H]3C[C@H]2C(=O)Cc2cccc(Br)n2)c2ccccc12. The Morgan fingerprint density at radius 1 is 1.10 bits per heavy atom. The molecule has 3 heterocycles. The lowest BCUT2D eigenvalue weighted by Crippen LogP contribution is -2.45. The lowest BCUT2D eigenvalue weighted by atomic mass is 10.0. The molecule has 2 fully saturated rings.